The van der Waals surface area contributed by atoms with E-state index in [4.69, 9.17) is 10.5 Å². The Morgan fingerprint density at radius 2 is 2.38 bits per heavy atom. The van der Waals surface area contributed by atoms with Gasteiger partial charge in [-0.05, 0) is 24.6 Å². The normalized spacial score (nSPS) is 18.8. The number of halogens is 1. The molecule has 5 nitrogen and oxygen atoms in total. The molecule has 0 radical (unpaired) electrons. The molecule has 0 aromatic heterocycles. The van der Waals surface area contributed by atoms with E-state index in [0.717, 1.165) is 18.5 Å². The number of carbonyl (C=O) groups is 1. The molecule has 1 amide bonds. The highest BCUT2D eigenvalue weighted by Gasteiger charge is 2.30. The van der Waals surface area contributed by atoms with E-state index in [2.05, 4.69) is 12.2 Å². The largest absolute Gasteiger partial charge is 0.377 e. The Balaban J connectivity index is 2.29. The van der Waals surface area contributed by atoms with Gasteiger partial charge >= 0.3 is 0 Å². The molecule has 1 aliphatic heterocycles. The van der Waals surface area contributed by atoms with Crippen molar-refractivity contribution < 1.29 is 13.9 Å². The number of nitrogens with two attached hydrogens (primary N) is 1. The molecule has 1 aliphatic rings. The van der Waals surface area contributed by atoms with Crippen LogP contribution in [-0.4, -0.2) is 38.3 Å². The van der Waals surface area contributed by atoms with Gasteiger partial charge in [0.1, 0.15) is 11.9 Å². The van der Waals surface area contributed by atoms with Gasteiger partial charge in [-0.15, -0.1) is 0 Å². The first-order valence-corrected chi connectivity index (χ1v) is 7.27. The van der Waals surface area contributed by atoms with Crippen LogP contribution < -0.4 is 16.0 Å². The van der Waals surface area contributed by atoms with E-state index in [1.54, 1.807) is 11.0 Å². The molecule has 0 saturated carbocycles. The molecular formula is C15H22FN3O2. The number of nitrogens with one attached hydrogen (secondary N) is 1. The van der Waals surface area contributed by atoms with Crippen molar-refractivity contribution in [2.45, 2.75) is 25.9 Å². The topological polar surface area (TPSA) is 67.6 Å². The van der Waals surface area contributed by atoms with Gasteiger partial charge in [-0.3, -0.25) is 4.79 Å². The van der Waals surface area contributed by atoms with Crippen molar-refractivity contribution in [3.63, 3.8) is 0 Å². The number of primary amides is 1. The van der Waals surface area contributed by atoms with Crippen molar-refractivity contribution in [3.05, 3.63) is 29.6 Å². The lowest BCUT2D eigenvalue weighted by molar-refractivity contribution is -0.121. The molecule has 1 heterocycles. The molecule has 3 N–H and O–H groups in total. The van der Waals surface area contributed by atoms with Crippen LogP contribution in [0.15, 0.2) is 18.2 Å². The fraction of sp³-hybridized carbons (Fsp3) is 0.533. The Morgan fingerprint density at radius 1 is 1.57 bits per heavy atom. The predicted molar refractivity (Wildman–Crippen MR) is 79.5 cm³/mol. The number of hydrogen-bond acceptors (Lipinski definition) is 4. The Labute approximate surface area is 124 Å². The molecule has 1 saturated heterocycles. The van der Waals surface area contributed by atoms with Gasteiger partial charge < -0.3 is 20.7 Å². The van der Waals surface area contributed by atoms with Crippen molar-refractivity contribution in [1.29, 1.82) is 0 Å². The minimum atomic E-state index is -0.624. The van der Waals surface area contributed by atoms with Crippen molar-refractivity contribution in [2.75, 3.05) is 31.2 Å². The molecule has 1 aromatic carbocycles. The van der Waals surface area contributed by atoms with Crippen molar-refractivity contribution in [2.24, 2.45) is 5.73 Å². The average molecular weight is 295 g/mol. The van der Waals surface area contributed by atoms with Gasteiger partial charge in [0, 0.05) is 13.1 Å². The quantitative estimate of drug-likeness (QED) is 0.769. The number of nitrogens with zero attached hydrogens (tertiary/aromatic N) is 1. The predicted octanol–water partition coefficient (Wildman–Crippen LogP) is 1.02. The Hall–Kier alpha value is -1.66. The molecule has 0 bridgehead atoms. The van der Waals surface area contributed by atoms with Gasteiger partial charge in [0.25, 0.3) is 0 Å². The van der Waals surface area contributed by atoms with E-state index in [9.17, 15) is 9.18 Å². The molecule has 116 valence electrons. The van der Waals surface area contributed by atoms with Gasteiger partial charge in [0.2, 0.25) is 5.91 Å². The maximum absolute atomic E-state index is 14.3. The standard InChI is InChI=1S/C15H22FN3O2/c1-2-6-18-9-11-4-3-5-12(16)14(11)19-7-8-21-10-13(19)15(17)20/h3-5,13,18H,2,6-10H2,1H3,(H2,17,20). The number of ether oxygens (including phenoxy) is 1. The Morgan fingerprint density at radius 3 is 3.10 bits per heavy atom. The summed E-state index contributed by atoms with van der Waals surface area (Å²) in [6, 6.07) is 4.34. The average Bonchev–Trinajstić information content (AvgIpc) is 2.48. The summed E-state index contributed by atoms with van der Waals surface area (Å²) in [6.07, 6.45) is 1.01. The highest BCUT2D eigenvalue weighted by molar-refractivity contribution is 5.84. The summed E-state index contributed by atoms with van der Waals surface area (Å²) in [5.74, 6) is -0.829. The lowest BCUT2D eigenvalue weighted by atomic mass is 10.1. The molecule has 0 aliphatic carbocycles. The summed E-state index contributed by atoms with van der Waals surface area (Å²) >= 11 is 0. The molecule has 0 spiro atoms. The second-order valence-corrected chi connectivity index (χ2v) is 5.11. The van der Waals surface area contributed by atoms with Crippen molar-refractivity contribution >= 4 is 11.6 Å². The van der Waals surface area contributed by atoms with Crippen LogP contribution >= 0.6 is 0 Å². The monoisotopic (exact) mass is 295 g/mol. The van der Waals surface area contributed by atoms with Gasteiger partial charge in [-0.2, -0.15) is 0 Å². The number of anilines is 1. The summed E-state index contributed by atoms with van der Waals surface area (Å²) in [5, 5.41) is 3.26. The zero-order chi connectivity index (χ0) is 15.2. The van der Waals surface area contributed by atoms with Gasteiger partial charge in [-0.25, -0.2) is 4.39 Å². The van der Waals surface area contributed by atoms with Crippen molar-refractivity contribution in [1.82, 2.24) is 5.32 Å². The van der Waals surface area contributed by atoms with Gasteiger partial charge in [0.05, 0.1) is 18.9 Å². The lowest BCUT2D eigenvalue weighted by Crippen LogP contribution is -2.53. The lowest BCUT2D eigenvalue weighted by Gasteiger charge is -2.36. The van der Waals surface area contributed by atoms with Gasteiger partial charge in [-0.1, -0.05) is 19.1 Å². The highest BCUT2D eigenvalue weighted by atomic mass is 19.1. The maximum Gasteiger partial charge on any atom is 0.242 e. The summed E-state index contributed by atoms with van der Waals surface area (Å²) in [7, 11) is 0. The number of hydrogen-bond donors (Lipinski definition) is 2. The maximum atomic E-state index is 14.3. The van der Waals surface area contributed by atoms with Crippen LogP contribution in [0, 0.1) is 5.82 Å². The minimum Gasteiger partial charge on any atom is -0.377 e. The van der Waals surface area contributed by atoms with E-state index in [0.29, 0.717) is 25.4 Å². The smallest absolute Gasteiger partial charge is 0.242 e. The highest BCUT2D eigenvalue weighted by Crippen LogP contribution is 2.27. The Bertz CT molecular complexity index is 496. The minimum absolute atomic E-state index is 0.200. The molecule has 1 atom stereocenters. The summed E-state index contributed by atoms with van der Waals surface area (Å²) in [6.45, 7) is 4.60. The first-order chi connectivity index (χ1) is 10.1. The van der Waals surface area contributed by atoms with E-state index in [-0.39, 0.29) is 12.4 Å². The number of benzene rings is 1. The Kier molecular flexibility index (Phi) is 5.52. The third-order valence-corrected chi connectivity index (χ3v) is 3.56. The molecule has 1 unspecified atom stereocenters. The first-order valence-electron chi connectivity index (χ1n) is 7.27. The van der Waals surface area contributed by atoms with Crippen LogP contribution in [0.25, 0.3) is 0 Å². The second kappa shape index (κ2) is 7.38. The second-order valence-electron chi connectivity index (χ2n) is 5.11. The molecule has 6 heteroatoms. The van der Waals surface area contributed by atoms with Crippen LogP contribution in [0.2, 0.25) is 0 Å². The third kappa shape index (κ3) is 3.71. The zero-order valence-electron chi connectivity index (χ0n) is 12.3. The molecule has 1 fully saturated rings. The van der Waals surface area contributed by atoms with E-state index in [1.807, 2.05) is 6.07 Å². The van der Waals surface area contributed by atoms with Crippen LogP contribution in [0.5, 0.6) is 0 Å². The van der Waals surface area contributed by atoms with E-state index in [1.165, 1.54) is 6.07 Å². The first kappa shape index (κ1) is 15.7. The van der Waals surface area contributed by atoms with Crippen LogP contribution in [-0.2, 0) is 16.1 Å². The fourth-order valence-corrected chi connectivity index (χ4v) is 2.53. The van der Waals surface area contributed by atoms with Crippen molar-refractivity contribution in [3.8, 4) is 0 Å². The summed E-state index contributed by atoms with van der Waals surface area (Å²) < 4.78 is 19.6. The zero-order valence-corrected chi connectivity index (χ0v) is 12.3. The molecular weight excluding hydrogens is 273 g/mol. The van der Waals surface area contributed by atoms with Crippen LogP contribution in [0.4, 0.5) is 10.1 Å². The van der Waals surface area contributed by atoms with Crippen LogP contribution in [0.1, 0.15) is 18.9 Å². The molecule has 21 heavy (non-hydrogen) atoms. The third-order valence-electron chi connectivity index (χ3n) is 3.56. The van der Waals surface area contributed by atoms with Crippen LogP contribution in [0.3, 0.4) is 0 Å². The molecule has 1 aromatic rings. The van der Waals surface area contributed by atoms with E-state index < -0.39 is 11.9 Å². The number of rotatable bonds is 6. The van der Waals surface area contributed by atoms with E-state index >= 15 is 0 Å². The number of para-hydroxylation sites is 1. The molecule has 2 rings (SSSR count). The number of morpholine rings is 1. The van der Waals surface area contributed by atoms with Gasteiger partial charge in [0.15, 0.2) is 0 Å². The SMILES string of the molecule is CCCNCc1cccc(F)c1N1CCOCC1C(N)=O. The number of carbonyl (C=O) groups excluding carboxylic acids is 1. The number of amides is 1. The summed E-state index contributed by atoms with van der Waals surface area (Å²) in [4.78, 5) is 13.3. The summed E-state index contributed by atoms with van der Waals surface area (Å²) in [5.41, 5.74) is 6.70. The fourth-order valence-electron chi connectivity index (χ4n) is 2.53.